The molecule has 0 spiro atoms. The van der Waals surface area contributed by atoms with E-state index in [2.05, 4.69) is 11.7 Å². The molecule has 43 heavy (non-hydrogen) atoms. The molecule has 4 rings (SSSR count). The van der Waals surface area contributed by atoms with Gasteiger partial charge < -0.3 is 19.3 Å². The number of aromatic nitrogens is 2. The maximum atomic E-state index is 14.3. The molecule has 0 aliphatic carbocycles. The van der Waals surface area contributed by atoms with Crippen LogP contribution in [0.25, 0.3) is 5.70 Å². The van der Waals surface area contributed by atoms with Gasteiger partial charge in [-0.15, -0.1) is 0 Å². The van der Waals surface area contributed by atoms with Gasteiger partial charge in [-0.3, -0.25) is 9.59 Å². The summed E-state index contributed by atoms with van der Waals surface area (Å²) in [5.41, 5.74) is 0.603. The van der Waals surface area contributed by atoms with Crippen molar-refractivity contribution in [3.05, 3.63) is 94.6 Å². The Balaban J connectivity index is 1.59. The molecule has 13 heteroatoms. The first-order valence-electron chi connectivity index (χ1n) is 13.2. The fourth-order valence-electron chi connectivity index (χ4n) is 4.92. The van der Waals surface area contributed by atoms with Crippen LogP contribution in [0.5, 0.6) is 11.5 Å². The number of allylic oxidation sites excluding steroid dienone is 2. The zero-order valence-electron chi connectivity index (χ0n) is 23.9. The Morgan fingerprint density at radius 1 is 0.953 bits per heavy atom. The first kappa shape index (κ1) is 31.3. The highest BCUT2D eigenvalue weighted by molar-refractivity contribution is 5.96. The number of carbonyl (C=O) groups excluding carboxylic acids is 2. The van der Waals surface area contributed by atoms with Gasteiger partial charge in [0.15, 0.2) is 40.5 Å². The maximum Gasteiger partial charge on any atom is 0.274 e. The van der Waals surface area contributed by atoms with E-state index in [-0.39, 0.29) is 25.3 Å². The molecule has 1 atom stereocenters. The fraction of sp³-hybridized carbons (Fsp3) is 0.300. The summed E-state index contributed by atoms with van der Waals surface area (Å²) in [6.07, 6.45) is 3.83. The molecule has 1 aromatic heterocycles. The van der Waals surface area contributed by atoms with E-state index in [0.29, 0.717) is 34.9 Å². The molecule has 2 heterocycles. The van der Waals surface area contributed by atoms with Gasteiger partial charge in [0.05, 0.1) is 19.9 Å². The van der Waals surface area contributed by atoms with Gasteiger partial charge in [-0.25, -0.2) is 26.6 Å². The molecule has 0 bridgehead atoms. The Hall–Kier alpha value is -4.68. The van der Waals surface area contributed by atoms with Crippen LogP contribution in [-0.2, 0) is 6.42 Å². The average Bonchev–Trinajstić information content (AvgIpc) is 3.45. The van der Waals surface area contributed by atoms with Gasteiger partial charge >= 0.3 is 0 Å². The number of piperazine rings is 1. The standard InChI is InChI=1S/C30H29F5N4O4/c1-6-8-20(17-9-10-21(42-4)22(13-17)43-5)39-18(7-2)14-19(36-39)29(40)37-11-12-38(16(3)15-37)30(41)23-24(31)26(33)28(35)27(34)25(23)32/h6,8-10,13-14,16H,1,7,11-12,15H2,2-5H3/b20-8-. The van der Waals surface area contributed by atoms with Crippen molar-refractivity contribution in [2.45, 2.75) is 26.3 Å². The summed E-state index contributed by atoms with van der Waals surface area (Å²) < 4.78 is 81.8. The minimum atomic E-state index is -2.35. The molecular formula is C30H29F5N4O4. The Morgan fingerprint density at radius 3 is 2.14 bits per heavy atom. The van der Waals surface area contributed by atoms with Crippen molar-refractivity contribution in [3.63, 3.8) is 0 Å². The zero-order chi connectivity index (χ0) is 31.6. The topological polar surface area (TPSA) is 76.9 Å². The van der Waals surface area contributed by atoms with Crippen LogP contribution >= 0.6 is 0 Å². The predicted octanol–water partition coefficient (Wildman–Crippen LogP) is 5.22. The van der Waals surface area contributed by atoms with Crippen molar-refractivity contribution >= 4 is 17.5 Å². The number of hydrogen-bond acceptors (Lipinski definition) is 5. The molecule has 1 saturated heterocycles. The molecule has 8 nitrogen and oxygen atoms in total. The quantitative estimate of drug-likeness (QED) is 0.153. The van der Waals surface area contributed by atoms with Crippen LogP contribution in [-0.4, -0.2) is 71.3 Å². The monoisotopic (exact) mass is 604 g/mol. The van der Waals surface area contributed by atoms with E-state index in [4.69, 9.17) is 9.47 Å². The largest absolute Gasteiger partial charge is 0.493 e. The molecule has 228 valence electrons. The molecule has 2 amide bonds. The van der Waals surface area contributed by atoms with Crippen LogP contribution in [0.15, 0.2) is 43.0 Å². The Morgan fingerprint density at radius 2 is 1.58 bits per heavy atom. The summed E-state index contributed by atoms with van der Waals surface area (Å²) in [7, 11) is 3.03. The number of methoxy groups -OCH3 is 2. The van der Waals surface area contributed by atoms with Crippen LogP contribution < -0.4 is 9.47 Å². The first-order chi connectivity index (χ1) is 20.5. The second-order valence-electron chi connectivity index (χ2n) is 9.69. The number of rotatable bonds is 8. The summed E-state index contributed by atoms with van der Waals surface area (Å²) in [5, 5.41) is 4.57. The summed E-state index contributed by atoms with van der Waals surface area (Å²) >= 11 is 0. The zero-order valence-corrected chi connectivity index (χ0v) is 23.9. The molecule has 1 fully saturated rings. The smallest absolute Gasteiger partial charge is 0.274 e. The van der Waals surface area contributed by atoms with Crippen molar-refractivity contribution < 1.29 is 41.0 Å². The number of carbonyl (C=O) groups is 2. The lowest BCUT2D eigenvalue weighted by atomic mass is 10.1. The van der Waals surface area contributed by atoms with E-state index >= 15 is 0 Å². The van der Waals surface area contributed by atoms with Gasteiger partial charge in [-0.1, -0.05) is 19.6 Å². The number of halogens is 5. The second kappa shape index (κ2) is 12.7. The second-order valence-corrected chi connectivity index (χ2v) is 9.69. The van der Waals surface area contributed by atoms with Gasteiger partial charge in [0, 0.05) is 36.9 Å². The highest BCUT2D eigenvalue weighted by atomic mass is 19.2. The molecule has 3 aromatic rings. The molecule has 0 saturated carbocycles. The maximum absolute atomic E-state index is 14.3. The Kier molecular flexibility index (Phi) is 9.22. The first-order valence-corrected chi connectivity index (χ1v) is 13.2. The summed E-state index contributed by atoms with van der Waals surface area (Å²) in [5.74, 6) is -12.0. The van der Waals surface area contributed by atoms with Crippen LogP contribution in [0.3, 0.4) is 0 Å². The van der Waals surface area contributed by atoms with Gasteiger partial charge in [0.2, 0.25) is 5.82 Å². The number of ether oxygens (including phenoxy) is 2. The molecular weight excluding hydrogens is 575 g/mol. The van der Waals surface area contributed by atoms with Crippen molar-refractivity contribution in [2.24, 2.45) is 0 Å². The summed E-state index contributed by atoms with van der Waals surface area (Å²) in [6.45, 7) is 6.84. The third kappa shape index (κ3) is 5.71. The average molecular weight is 605 g/mol. The van der Waals surface area contributed by atoms with Crippen LogP contribution in [0.4, 0.5) is 22.0 Å². The predicted molar refractivity (Wildman–Crippen MR) is 147 cm³/mol. The highest BCUT2D eigenvalue weighted by Gasteiger charge is 2.37. The van der Waals surface area contributed by atoms with E-state index in [1.54, 1.807) is 35.0 Å². The van der Waals surface area contributed by atoms with E-state index < -0.39 is 52.5 Å². The summed E-state index contributed by atoms with van der Waals surface area (Å²) in [4.78, 5) is 28.8. The number of aryl methyl sites for hydroxylation is 1. The third-order valence-corrected chi connectivity index (χ3v) is 7.15. The van der Waals surface area contributed by atoms with E-state index in [9.17, 15) is 31.5 Å². The fourth-order valence-corrected chi connectivity index (χ4v) is 4.92. The van der Waals surface area contributed by atoms with E-state index in [0.717, 1.165) is 4.90 Å². The van der Waals surface area contributed by atoms with Gasteiger partial charge in [0.25, 0.3) is 11.8 Å². The lowest BCUT2D eigenvalue weighted by Crippen LogP contribution is -2.55. The Bertz CT molecular complexity index is 1590. The van der Waals surface area contributed by atoms with Crippen molar-refractivity contribution in [1.29, 1.82) is 0 Å². The van der Waals surface area contributed by atoms with Crippen LogP contribution in [0.2, 0.25) is 0 Å². The minimum Gasteiger partial charge on any atom is -0.493 e. The number of nitrogens with zero attached hydrogens (tertiary/aromatic N) is 4. The van der Waals surface area contributed by atoms with Crippen LogP contribution in [0.1, 0.15) is 46.0 Å². The molecule has 1 aliphatic rings. The van der Waals surface area contributed by atoms with Crippen molar-refractivity contribution in [3.8, 4) is 11.5 Å². The van der Waals surface area contributed by atoms with Gasteiger partial charge in [0.1, 0.15) is 5.56 Å². The number of benzene rings is 2. The molecule has 1 aliphatic heterocycles. The number of amides is 2. The highest BCUT2D eigenvalue weighted by Crippen LogP contribution is 2.32. The molecule has 1 unspecified atom stereocenters. The third-order valence-electron chi connectivity index (χ3n) is 7.15. The van der Waals surface area contributed by atoms with Gasteiger partial charge in [-0.05, 0) is 43.7 Å². The lowest BCUT2D eigenvalue weighted by Gasteiger charge is -2.39. The van der Waals surface area contributed by atoms with Crippen molar-refractivity contribution in [1.82, 2.24) is 19.6 Å². The minimum absolute atomic E-state index is 0.0658. The van der Waals surface area contributed by atoms with E-state index in [1.807, 2.05) is 13.0 Å². The lowest BCUT2D eigenvalue weighted by molar-refractivity contribution is 0.0403. The molecule has 2 aromatic carbocycles. The Labute approximate surface area is 244 Å². The normalized spacial score (nSPS) is 15.5. The van der Waals surface area contributed by atoms with Crippen LogP contribution in [0, 0.1) is 29.1 Å². The summed E-state index contributed by atoms with van der Waals surface area (Å²) in [6, 6.07) is 6.13. The van der Waals surface area contributed by atoms with E-state index in [1.165, 1.54) is 26.0 Å². The molecule has 0 radical (unpaired) electrons. The van der Waals surface area contributed by atoms with Crippen molar-refractivity contribution in [2.75, 3.05) is 33.9 Å². The number of hydrogen-bond donors (Lipinski definition) is 0. The van der Waals surface area contributed by atoms with Gasteiger partial charge in [-0.2, -0.15) is 5.10 Å². The SMILES string of the molecule is C=C/C=C(/c1ccc(OC)c(OC)c1)n1nc(C(=O)N2CCN(C(=O)c3c(F)c(F)c(F)c(F)c3F)C(C)C2)cc1CC. The molecule has 0 N–H and O–H groups in total.